The summed E-state index contributed by atoms with van der Waals surface area (Å²) in [5.41, 5.74) is 2.36. The van der Waals surface area contributed by atoms with Crippen LogP contribution in [0, 0.1) is 0 Å². The third-order valence-electron chi connectivity index (χ3n) is 9.58. The van der Waals surface area contributed by atoms with E-state index < -0.39 is 40.1 Å². The molecule has 3 rings (SSSR count). The number of unbranched alkanes of at least 4 members (excludes halogenated alkanes) is 4. The molecule has 0 unspecified atom stereocenters. The van der Waals surface area contributed by atoms with Crippen molar-refractivity contribution in [2.75, 3.05) is 45.9 Å². The van der Waals surface area contributed by atoms with E-state index in [1.807, 2.05) is 6.07 Å². The number of hydrogen-bond donors (Lipinski definition) is 1. The van der Waals surface area contributed by atoms with Crippen LogP contribution in [0.25, 0.3) is 0 Å². The molecule has 0 saturated carbocycles. The molecule has 1 heterocycles. The minimum absolute atomic E-state index is 0.0356. The third kappa shape index (κ3) is 13.5. The number of aromatic hydroxyl groups is 1. The van der Waals surface area contributed by atoms with Crippen molar-refractivity contribution in [1.82, 2.24) is 0 Å². The first-order valence-corrected chi connectivity index (χ1v) is 21.8. The van der Waals surface area contributed by atoms with Gasteiger partial charge in [0.25, 0.3) is 10.1 Å². The average Bonchev–Trinajstić information content (AvgIpc) is 3.11. The number of phenolic OH excluding ortho intramolecular Hbond substituents is 1. The zero-order valence-corrected chi connectivity index (χ0v) is 34.1. The monoisotopic (exact) mass is 768 g/mol. The molecule has 52 heavy (non-hydrogen) atoms. The van der Waals surface area contributed by atoms with Crippen molar-refractivity contribution in [1.29, 1.82) is 0 Å². The summed E-state index contributed by atoms with van der Waals surface area (Å²) >= 11 is 6.86. The van der Waals surface area contributed by atoms with Crippen LogP contribution in [0.3, 0.4) is 0 Å². The molecule has 0 spiro atoms. The van der Waals surface area contributed by atoms with E-state index in [1.54, 1.807) is 6.07 Å². The van der Waals surface area contributed by atoms with Gasteiger partial charge in [-0.2, -0.15) is 8.42 Å². The van der Waals surface area contributed by atoms with Crippen molar-refractivity contribution in [3.63, 3.8) is 0 Å². The highest BCUT2D eigenvalue weighted by Crippen LogP contribution is 2.49. The van der Waals surface area contributed by atoms with Gasteiger partial charge < -0.3 is 28.8 Å². The first-order valence-electron chi connectivity index (χ1n) is 19.6. The van der Waals surface area contributed by atoms with Gasteiger partial charge in [-0.15, -0.1) is 0 Å². The SMILES string of the molecule is CCCCOC[C@H]1O[C@@](CCCOS(C)(=O)=O)(c2cc(Cc3ccc(CC)cc3)c(Cl)cc2O)[C@H](OCCCC)[C@@H](OCCCC)[C@@H]1OCCCC. The molecule has 1 aliphatic heterocycles. The topological polar surface area (TPSA) is 110 Å². The first-order chi connectivity index (χ1) is 25.0. The summed E-state index contributed by atoms with van der Waals surface area (Å²) in [5, 5.41) is 12.3. The first kappa shape index (κ1) is 44.6. The Bertz CT molecular complexity index is 1400. The van der Waals surface area contributed by atoms with Crippen molar-refractivity contribution in [3.05, 3.63) is 63.7 Å². The van der Waals surface area contributed by atoms with Gasteiger partial charge in [-0.25, -0.2) is 0 Å². The zero-order valence-electron chi connectivity index (χ0n) is 32.5. The molecule has 0 bridgehead atoms. The van der Waals surface area contributed by atoms with E-state index in [2.05, 4.69) is 58.9 Å². The third-order valence-corrected chi connectivity index (χ3v) is 10.5. The summed E-state index contributed by atoms with van der Waals surface area (Å²) in [5.74, 6) is -0.0356. The van der Waals surface area contributed by atoms with Gasteiger partial charge in [0.05, 0.1) is 19.5 Å². The molecule has 9 nitrogen and oxygen atoms in total. The van der Waals surface area contributed by atoms with Crippen LogP contribution in [-0.4, -0.2) is 83.8 Å². The molecule has 1 fully saturated rings. The van der Waals surface area contributed by atoms with Crippen LogP contribution in [0.5, 0.6) is 5.75 Å². The van der Waals surface area contributed by atoms with Gasteiger partial charge in [-0.3, -0.25) is 4.18 Å². The van der Waals surface area contributed by atoms with Gasteiger partial charge in [-0.05, 0) is 80.2 Å². The Balaban J connectivity index is 2.25. The zero-order chi connectivity index (χ0) is 38.0. The Hall–Kier alpha value is -1.76. The van der Waals surface area contributed by atoms with E-state index in [9.17, 15) is 13.5 Å². The maximum atomic E-state index is 12.0. The number of rotatable bonds is 26. The molecule has 2 aromatic carbocycles. The predicted octanol–water partition coefficient (Wildman–Crippen LogP) is 8.92. The molecule has 0 aromatic heterocycles. The van der Waals surface area contributed by atoms with Crippen LogP contribution in [0.1, 0.15) is 121 Å². The maximum absolute atomic E-state index is 12.0. The minimum Gasteiger partial charge on any atom is -0.508 e. The molecule has 5 atom stereocenters. The Morgan fingerprint density at radius 3 is 1.94 bits per heavy atom. The quantitative estimate of drug-likeness (QED) is 0.0741. The summed E-state index contributed by atoms with van der Waals surface area (Å²) in [4.78, 5) is 0. The van der Waals surface area contributed by atoms with E-state index in [-0.39, 0.29) is 25.4 Å². The van der Waals surface area contributed by atoms with E-state index in [0.29, 0.717) is 49.9 Å². The molecule has 0 radical (unpaired) electrons. The fourth-order valence-corrected chi connectivity index (χ4v) is 7.26. The highest BCUT2D eigenvalue weighted by Gasteiger charge is 2.58. The van der Waals surface area contributed by atoms with Crippen LogP contribution in [-0.2, 0) is 56.4 Å². The fourth-order valence-electron chi connectivity index (χ4n) is 6.62. The predicted molar refractivity (Wildman–Crippen MR) is 208 cm³/mol. The molecular weight excluding hydrogens is 704 g/mol. The number of aryl methyl sites for hydroxylation is 1. The maximum Gasteiger partial charge on any atom is 0.264 e. The van der Waals surface area contributed by atoms with Crippen molar-refractivity contribution >= 4 is 21.7 Å². The van der Waals surface area contributed by atoms with Crippen LogP contribution in [0.15, 0.2) is 36.4 Å². The number of benzene rings is 2. The molecule has 1 N–H and O–H groups in total. The van der Waals surface area contributed by atoms with Gasteiger partial charge in [-0.1, -0.05) is 96.2 Å². The lowest BCUT2D eigenvalue weighted by Crippen LogP contribution is -2.66. The number of ether oxygens (including phenoxy) is 5. The van der Waals surface area contributed by atoms with Crippen LogP contribution >= 0.6 is 11.6 Å². The van der Waals surface area contributed by atoms with Gasteiger partial charge in [0.15, 0.2) is 0 Å². The molecular formula is C41H65ClO9S. The van der Waals surface area contributed by atoms with Crippen molar-refractivity contribution in [3.8, 4) is 5.75 Å². The number of phenols is 1. The van der Waals surface area contributed by atoms with Gasteiger partial charge in [0, 0.05) is 37.0 Å². The van der Waals surface area contributed by atoms with Gasteiger partial charge in [0.2, 0.25) is 0 Å². The van der Waals surface area contributed by atoms with Crippen LogP contribution in [0.2, 0.25) is 5.02 Å². The molecule has 1 aliphatic rings. The Labute approximate surface area is 319 Å². The van der Waals surface area contributed by atoms with E-state index in [0.717, 1.165) is 75.2 Å². The highest BCUT2D eigenvalue weighted by atomic mass is 35.5. The molecule has 0 amide bonds. The lowest BCUT2D eigenvalue weighted by molar-refractivity contribution is -0.310. The lowest BCUT2D eigenvalue weighted by atomic mass is 9.75. The van der Waals surface area contributed by atoms with E-state index >= 15 is 0 Å². The molecule has 2 aromatic rings. The molecule has 0 aliphatic carbocycles. The molecule has 1 saturated heterocycles. The summed E-state index contributed by atoms with van der Waals surface area (Å²) in [6.07, 6.45) is 7.94. The summed E-state index contributed by atoms with van der Waals surface area (Å²) in [6.45, 7) is 12.8. The van der Waals surface area contributed by atoms with E-state index in [4.69, 9.17) is 39.5 Å². The Morgan fingerprint density at radius 2 is 1.35 bits per heavy atom. The standard InChI is InChI=1S/C41H65ClO9S/c1-7-12-22-46-30-37-38(47-23-13-8-2)39(48-24-14-9-3)40(49-25-15-10-4)41(51-37,21-16-26-50-52(6,44)45)34-28-33(35(42)29-36(34)43)27-32-19-17-31(11-5)18-20-32/h17-20,28-29,37-40,43H,7-16,21-27,30H2,1-6H3/t37-,38-,39+,40-,41+/m1/s1. The van der Waals surface area contributed by atoms with Crippen molar-refractivity contribution in [2.45, 2.75) is 142 Å². The largest absolute Gasteiger partial charge is 0.508 e. The minimum atomic E-state index is -3.68. The second-order valence-corrected chi connectivity index (χ2v) is 16.0. The Morgan fingerprint density at radius 1 is 0.769 bits per heavy atom. The van der Waals surface area contributed by atoms with E-state index in [1.165, 1.54) is 5.56 Å². The normalized spacial score (nSPS) is 22.2. The second kappa shape index (κ2) is 23.2. The highest BCUT2D eigenvalue weighted by molar-refractivity contribution is 7.85. The van der Waals surface area contributed by atoms with Crippen molar-refractivity contribution in [2.24, 2.45) is 0 Å². The average molecular weight is 769 g/mol. The van der Waals surface area contributed by atoms with Crippen LogP contribution < -0.4 is 0 Å². The fraction of sp³-hybridized carbons (Fsp3) is 0.707. The number of halogens is 1. The van der Waals surface area contributed by atoms with Crippen molar-refractivity contribution < 1.29 is 41.4 Å². The number of hydrogen-bond acceptors (Lipinski definition) is 9. The second-order valence-electron chi connectivity index (χ2n) is 13.9. The van der Waals surface area contributed by atoms with Gasteiger partial charge in [0.1, 0.15) is 35.8 Å². The Kier molecular flexibility index (Phi) is 19.9. The molecule has 11 heteroatoms. The van der Waals surface area contributed by atoms with Crippen LogP contribution in [0.4, 0.5) is 0 Å². The van der Waals surface area contributed by atoms with Gasteiger partial charge >= 0.3 is 0 Å². The summed E-state index contributed by atoms with van der Waals surface area (Å²) in [7, 11) is -3.68. The smallest absolute Gasteiger partial charge is 0.264 e. The summed E-state index contributed by atoms with van der Waals surface area (Å²) < 4.78 is 63.1. The molecule has 296 valence electrons. The lowest BCUT2D eigenvalue weighted by Gasteiger charge is -2.53. The summed E-state index contributed by atoms with van der Waals surface area (Å²) in [6, 6.07) is 12.0.